The van der Waals surface area contributed by atoms with Gasteiger partial charge in [-0.2, -0.15) is 0 Å². The molecule has 0 saturated heterocycles. The fourth-order valence-electron chi connectivity index (χ4n) is 4.50. The Hall–Kier alpha value is -3.06. The molecule has 190 valence electrons. The molecule has 0 aromatic heterocycles. The van der Waals surface area contributed by atoms with Crippen LogP contribution in [-0.4, -0.2) is 37.9 Å². The van der Waals surface area contributed by atoms with Gasteiger partial charge in [-0.1, -0.05) is 112 Å². The summed E-state index contributed by atoms with van der Waals surface area (Å²) < 4.78 is 11.9. The average Bonchev–Trinajstić information content (AvgIpc) is 2.86. The lowest BCUT2D eigenvalue weighted by Crippen LogP contribution is -2.66. The van der Waals surface area contributed by atoms with Gasteiger partial charge < -0.3 is 14.3 Å². The number of hydrogen-bond acceptors (Lipinski definition) is 5. The summed E-state index contributed by atoms with van der Waals surface area (Å²) >= 11 is 0. The molecule has 0 radical (unpaired) electrons. The monoisotopic (exact) mass is 504 g/mol. The standard InChI is InChI=1S/C30H36O5Si/c1-30(2,3)36(27-15-9-5-10-16-27,28-17-11-6-12-18-28)35-20-19-25(31)21-26(32)22-29(33)34-23-24-13-7-4-8-14-24/h4-18,25,31H,19-23H2,1-3H3. The van der Waals surface area contributed by atoms with Gasteiger partial charge in [0.1, 0.15) is 18.8 Å². The lowest BCUT2D eigenvalue weighted by molar-refractivity contribution is -0.147. The zero-order chi connectivity index (χ0) is 26.0. The van der Waals surface area contributed by atoms with Gasteiger partial charge in [0, 0.05) is 13.0 Å². The Labute approximate surface area is 215 Å². The van der Waals surface area contributed by atoms with Crippen molar-refractivity contribution in [1.29, 1.82) is 0 Å². The van der Waals surface area contributed by atoms with E-state index in [4.69, 9.17) is 9.16 Å². The smallest absolute Gasteiger partial charge is 0.313 e. The van der Waals surface area contributed by atoms with Gasteiger partial charge >= 0.3 is 5.97 Å². The Bertz CT molecular complexity index is 1050. The number of Topliss-reactive ketones (excluding diaryl/α,β-unsaturated/α-hetero) is 1. The van der Waals surface area contributed by atoms with Crippen LogP contribution in [0.2, 0.25) is 5.04 Å². The van der Waals surface area contributed by atoms with Crippen LogP contribution in [-0.2, 0) is 25.4 Å². The van der Waals surface area contributed by atoms with Crippen LogP contribution in [0.3, 0.4) is 0 Å². The van der Waals surface area contributed by atoms with Crippen molar-refractivity contribution in [3.05, 3.63) is 96.6 Å². The van der Waals surface area contributed by atoms with Crippen molar-refractivity contribution in [3.63, 3.8) is 0 Å². The normalized spacial score (nSPS) is 12.7. The zero-order valence-electron chi connectivity index (χ0n) is 21.4. The maximum absolute atomic E-state index is 12.3. The molecule has 0 fully saturated rings. The number of ether oxygens (including phenoxy) is 1. The van der Waals surface area contributed by atoms with E-state index in [1.54, 1.807) is 0 Å². The lowest BCUT2D eigenvalue weighted by Gasteiger charge is -2.43. The van der Waals surface area contributed by atoms with E-state index in [1.165, 1.54) is 0 Å². The van der Waals surface area contributed by atoms with Gasteiger partial charge in [0.2, 0.25) is 0 Å². The van der Waals surface area contributed by atoms with Crippen LogP contribution in [0.1, 0.15) is 45.6 Å². The molecule has 0 saturated carbocycles. The van der Waals surface area contributed by atoms with Crippen molar-refractivity contribution in [2.45, 2.75) is 57.8 Å². The largest absolute Gasteiger partial charge is 0.460 e. The van der Waals surface area contributed by atoms with Crippen molar-refractivity contribution >= 4 is 30.4 Å². The highest BCUT2D eigenvalue weighted by molar-refractivity contribution is 6.99. The minimum Gasteiger partial charge on any atom is -0.460 e. The van der Waals surface area contributed by atoms with E-state index in [-0.39, 0.29) is 30.3 Å². The molecule has 6 heteroatoms. The molecule has 0 amide bonds. The first-order valence-corrected chi connectivity index (χ1v) is 14.3. The number of benzene rings is 3. The Morgan fingerprint density at radius 2 is 1.33 bits per heavy atom. The van der Waals surface area contributed by atoms with E-state index in [9.17, 15) is 14.7 Å². The second-order valence-corrected chi connectivity index (χ2v) is 14.3. The molecule has 3 aromatic carbocycles. The molecule has 1 atom stereocenters. The summed E-state index contributed by atoms with van der Waals surface area (Å²) in [4.78, 5) is 24.4. The number of carbonyl (C=O) groups is 2. The molecule has 36 heavy (non-hydrogen) atoms. The highest BCUT2D eigenvalue weighted by atomic mass is 28.4. The Kier molecular flexibility index (Phi) is 9.76. The molecule has 0 aliphatic rings. The minimum atomic E-state index is -2.70. The van der Waals surface area contributed by atoms with Gasteiger partial charge in [0.05, 0.1) is 6.10 Å². The molecule has 3 aromatic rings. The van der Waals surface area contributed by atoms with E-state index < -0.39 is 20.4 Å². The second kappa shape index (κ2) is 12.8. The van der Waals surface area contributed by atoms with Crippen molar-refractivity contribution in [2.75, 3.05) is 6.61 Å². The number of aliphatic hydroxyl groups excluding tert-OH is 1. The van der Waals surface area contributed by atoms with Crippen LogP contribution in [0, 0.1) is 0 Å². The Balaban J connectivity index is 1.59. The van der Waals surface area contributed by atoms with E-state index in [0.717, 1.165) is 15.9 Å². The maximum Gasteiger partial charge on any atom is 0.313 e. The highest BCUT2D eigenvalue weighted by Gasteiger charge is 2.50. The van der Waals surface area contributed by atoms with E-state index in [0.29, 0.717) is 13.0 Å². The summed E-state index contributed by atoms with van der Waals surface area (Å²) in [5, 5.41) is 12.7. The van der Waals surface area contributed by atoms with Crippen molar-refractivity contribution < 1.29 is 23.9 Å². The van der Waals surface area contributed by atoms with Crippen LogP contribution < -0.4 is 10.4 Å². The molecule has 0 bridgehead atoms. The molecule has 0 spiro atoms. The first-order valence-electron chi connectivity index (χ1n) is 12.4. The molecule has 0 heterocycles. The lowest BCUT2D eigenvalue weighted by atomic mass is 10.1. The van der Waals surface area contributed by atoms with Crippen LogP contribution in [0.4, 0.5) is 0 Å². The van der Waals surface area contributed by atoms with Crippen LogP contribution in [0.5, 0.6) is 0 Å². The number of hydrogen-bond donors (Lipinski definition) is 1. The molecule has 0 aliphatic heterocycles. The third-order valence-electron chi connectivity index (χ3n) is 6.23. The molecule has 3 rings (SSSR count). The fourth-order valence-corrected chi connectivity index (χ4v) is 9.08. The third-order valence-corrected chi connectivity index (χ3v) is 11.3. The van der Waals surface area contributed by atoms with Gasteiger partial charge in [-0.3, -0.25) is 9.59 Å². The molecule has 5 nitrogen and oxygen atoms in total. The summed E-state index contributed by atoms with van der Waals surface area (Å²) in [6.45, 7) is 7.02. The first-order chi connectivity index (χ1) is 17.2. The summed E-state index contributed by atoms with van der Waals surface area (Å²) in [6, 6.07) is 29.9. The van der Waals surface area contributed by atoms with E-state index in [1.807, 2.05) is 66.7 Å². The summed E-state index contributed by atoms with van der Waals surface area (Å²) in [5.41, 5.74) is 0.860. The SMILES string of the molecule is CC(C)(C)[Si](OCCC(O)CC(=O)CC(=O)OCc1ccccc1)(c1ccccc1)c1ccccc1. The molecule has 1 unspecified atom stereocenters. The van der Waals surface area contributed by atoms with Crippen molar-refractivity contribution in [3.8, 4) is 0 Å². The van der Waals surface area contributed by atoms with Crippen molar-refractivity contribution in [1.82, 2.24) is 0 Å². The van der Waals surface area contributed by atoms with E-state index >= 15 is 0 Å². The Morgan fingerprint density at radius 1 is 0.833 bits per heavy atom. The Morgan fingerprint density at radius 3 is 1.83 bits per heavy atom. The van der Waals surface area contributed by atoms with Gasteiger partial charge in [-0.15, -0.1) is 0 Å². The minimum absolute atomic E-state index is 0.107. The number of carbonyl (C=O) groups excluding carboxylic acids is 2. The summed E-state index contributed by atoms with van der Waals surface area (Å²) in [6.07, 6.45) is -1.04. The average molecular weight is 505 g/mol. The predicted octanol–water partition coefficient (Wildman–Crippen LogP) is 4.41. The molecule has 1 N–H and O–H groups in total. The van der Waals surface area contributed by atoms with Gasteiger partial charge in [-0.25, -0.2) is 0 Å². The zero-order valence-corrected chi connectivity index (χ0v) is 22.4. The molecule has 0 aliphatic carbocycles. The topological polar surface area (TPSA) is 72.8 Å². The molecular weight excluding hydrogens is 468 g/mol. The first kappa shape index (κ1) is 27.5. The van der Waals surface area contributed by atoms with Gasteiger partial charge in [-0.05, 0) is 27.4 Å². The van der Waals surface area contributed by atoms with Crippen LogP contribution >= 0.6 is 0 Å². The fraction of sp³-hybridized carbons (Fsp3) is 0.333. The maximum atomic E-state index is 12.3. The number of rotatable bonds is 12. The molecular formula is C30H36O5Si. The van der Waals surface area contributed by atoms with Gasteiger partial charge in [0.15, 0.2) is 0 Å². The van der Waals surface area contributed by atoms with E-state index in [2.05, 4.69) is 45.0 Å². The quantitative estimate of drug-likeness (QED) is 0.225. The van der Waals surface area contributed by atoms with Gasteiger partial charge in [0.25, 0.3) is 8.32 Å². The van der Waals surface area contributed by atoms with Crippen LogP contribution in [0.25, 0.3) is 0 Å². The highest BCUT2D eigenvalue weighted by Crippen LogP contribution is 2.36. The number of aliphatic hydroxyl groups is 1. The third kappa shape index (κ3) is 7.23. The number of esters is 1. The van der Waals surface area contributed by atoms with Crippen molar-refractivity contribution in [2.24, 2.45) is 0 Å². The van der Waals surface area contributed by atoms with Crippen LogP contribution in [0.15, 0.2) is 91.0 Å². The number of ketones is 1. The second-order valence-electron chi connectivity index (χ2n) is 10.0. The predicted molar refractivity (Wildman–Crippen MR) is 145 cm³/mol. The summed E-state index contributed by atoms with van der Waals surface area (Å²) in [5.74, 6) is -0.925. The summed E-state index contributed by atoms with van der Waals surface area (Å²) in [7, 11) is -2.70.